The van der Waals surface area contributed by atoms with Crippen molar-refractivity contribution in [1.29, 1.82) is 0 Å². The largest absolute Gasteiger partial charge is 0.322 e. The Balaban J connectivity index is 2.22. The van der Waals surface area contributed by atoms with Crippen LogP contribution in [0.3, 0.4) is 0 Å². The smallest absolute Gasteiger partial charge is 0.238 e. The van der Waals surface area contributed by atoms with E-state index >= 15 is 0 Å². The standard InChI is InChI=1S/C11H20N2O/c1-7-12-6-8(14)13(7)9-10(2,3)11(9,4)5/h7,9,12H,6H2,1-5H3. The summed E-state index contributed by atoms with van der Waals surface area (Å²) in [5.41, 5.74) is 0.506. The predicted molar refractivity (Wildman–Crippen MR) is 55.7 cm³/mol. The van der Waals surface area contributed by atoms with Gasteiger partial charge in [0.25, 0.3) is 0 Å². The van der Waals surface area contributed by atoms with E-state index in [4.69, 9.17) is 0 Å². The molecule has 1 aliphatic carbocycles. The molecule has 0 bridgehead atoms. The van der Waals surface area contributed by atoms with E-state index in [0.29, 0.717) is 12.6 Å². The molecule has 0 aromatic carbocycles. The Kier molecular flexibility index (Phi) is 1.79. The molecule has 1 saturated carbocycles. The van der Waals surface area contributed by atoms with Crippen LogP contribution in [0.4, 0.5) is 0 Å². The Morgan fingerprint density at radius 1 is 1.29 bits per heavy atom. The highest BCUT2D eigenvalue weighted by Crippen LogP contribution is 2.65. The normalized spacial score (nSPS) is 35.1. The topological polar surface area (TPSA) is 32.3 Å². The molecule has 80 valence electrons. The van der Waals surface area contributed by atoms with Gasteiger partial charge in [0.05, 0.1) is 12.7 Å². The van der Waals surface area contributed by atoms with Gasteiger partial charge in [0.15, 0.2) is 0 Å². The van der Waals surface area contributed by atoms with Crippen molar-refractivity contribution < 1.29 is 4.79 Å². The minimum Gasteiger partial charge on any atom is -0.322 e. The van der Waals surface area contributed by atoms with Crippen LogP contribution in [-0.4, -0.2) is 29.6 Å². The molecule has 0 radical (unpaired) electrons. The first-order valence-corrected chi connectivity index (χ1v) is 5.34. The molecule has 1 amide bonds. The van der Waals surface area contributed by atoms with E-state index in [1.165, 1.54) is 0 Å². The molecule has 1 heterocycles. The Labute approximate surface area is 85.8 Å². The Bertz CT molecular complexity index is 269. The lowest BCUT2D eigenvalue weighted by Gasteiger charge is -2.23. The van der Waals surface area contributed by atoms with Crippen molar-refractivity contribution in [2.24, 2.45) is 10.8 Å². The Hall–Kier alpha value is -0.570. The Morgan fingerprint density at radius 2 is 1.79 bits per heavy atom. The molecular weight excluding hydrogens is 176 g/mol. The van der Waals surface area contributed by atoms with Gasteiger partial charge in [-0.05, 0) is 17.8 Å². The maximum absolute atomic E-state index is 11.7. The van der Waals surface area contributed by atoms with Gasteiger partial charge in [-0.2, -0.15) is 0 Å². The van der Waals surface area contributed by atoms with Gasteiger partial charge in [-0.1, -0.05) is 27.7 Å². The lowest BCUT2D eigenvalue weighted by atomic mass is 10.0. The van der Waals surface area contributed by atoms with Gasteiger partial charge in [0.2, 0.25) is 5.91 Å². The number of nitrogens with one attached hydrogen (secondary N) is 1. The molecule has 1 aliphatic heterocycles. The summed E-state index contributed by atoms with van der Waals surface area (Å²) in [7, 11) is 0. The molecule has 1 atom stereocenters. The fourth-order valence-electron chi connectivity index (χ4n) is 2.87. The quantitative estimate of drug-likeness (QED) is 0.683. The summed E-state index contributed by atoms with van der Waals surface area (Å²) in [5.74, 6) is 0.251. The highest BCUT2D eigenvalue weighted by molar-refractivity contribution is 5.81. The van der Waals surface area contributed by atoms with Crippen LogP contribution in [-0.2, 0) is 4.79 Å². The fraction of sp³-hybridized carbons (Fsp3) is 0.909. The molecule has 1 saturated heterocycles. The van der Waals surface area contributed by atoms with Crippen molar-refractivity contribution in [2.75, 3.05) is 6.54 Å². The predicted octanol–water partition coefficient (Wildman–Crippen LogP) is 1.20. The number of carbonyl (C=O) groups is 1. The fourth-order valence-corrected chi connectivity index (χ4v) is 2.87. The summed E-state index contributed by atoms with van der Waals surface area (Å²) in [4.78, 5) is 13.7. The number of rotatable bonds is 1. The van der Waals surface area contributed by atoms with Crippen molar-refractivity contribution in [3.8, 4) is 0 Å². The van der Waals surface area contributed by atoms with Crippen molar-refractivity contribution in [3.63, 3.8) is 0 Å². The van der Waals surface area contributed by atoms with E-state index in [1.807, 2.05) is 4.90 Å². The second-order valence-corrected chi connectivity index (χ2v) is 5.70. The zero-order valence-electron chi connectivity index (χ0n) is 9.72. The van der Waals surface area contributed by atoms with E-state index in [2.05, 4.69) is 39.9 Å². The third-order valence-electron chi connectivity index (χ3n) is 4.48. The number of hydrogen-bond donors (Lipinski definition) is 1. The van der Waals surface area contributed by atoms with Gasteiger partial charge in [-0.15, -0.1) is 0 Å². The monoisotopic (exact) mass is 196 g/mol. The number of carbonyl (C=O) groups excluding carboxylic acids is 1. The highest BCUT2D eigenvalue weighted by Gasteiger charge is 2.69. The molecule has 2 rings (SSSR count). The van der Waals surface area contributed by atoms with Crippen molar-refractivity contribution in [3.05, 3.63) is 0 Å². The van der Waals surface area contributed by atoms with Crippen molar-refractivity contribution in [1.82, 2.24) is 10.2 Å². The zero-order valence-corrected chi connectivity index (χ0v) is 9.72. The van der Waals surface area contributed by atoms with Gasteiger partial charge in [0, 0.05) is 6.04 Å². The SMILES string of the molecule is CC1NCC(=O)N1C1C(C)(C)C1(C)C. The molecule has 0 spiro atoms. The molecule has 3 heteroatoms. The first-order chi connectivity index (χ1) is 6.30. The molecule has 2 aliphatic rings. The third-order valence-corrected chi connectivity index (χ3v) is 4.48. The molecule has 14 heavy (non-hydrogen) atoms. The summed E-state index contributed by atoms with van der Waals surface area (Å²) in [5, 5.41) is 3.19. The van der Waals surface area contributed by atoms with Gasteiger partial charge in [0.1, 0.15) is 0 Å². The molecule has 1 unspecified atom stereocenters. The van der Waals surface area contributed by atoms with E-state index in [0.717, 1.165) is 0 Å². The van der Waals surface area contributed by atoms with Crippen LogP contribution in [0.1, 0.15) is 34.6 Å². The van der Waals surface area contributed by atoms with Gasteiger partial charge in [-0.25, -0.2) is 0 Å². The number of nitrogens with zero attached hydrogens (tertiary/aromatic N) is 1. The van der Waals surface area contributed by atoms with E-state index < -0.39 is 0 Å². The van der Waals surface area contributed by atoms with Crippen LogP contribution in [0.25, 0.3) is 0 Å². The van der Waals surface area contributed by atoms with E-state index in [9.17, 15) is 4.79 Å². The minimum atomic E-state index is 0.202. The maximum atomic E-state index is 11.7. The van der Waals surface area contributed by atoms with Crippen LogP contribution in [0.5, 0.6) is 0 Å². The lowest BCUT2D eigenvalue weighted by molar-refractivity contribution is -0.129. The van der Waals surface area contributed by atoms with Gasteiger partial charge < -0.3 is 4.90 Å². The zero-order chi connectivity index (χ0) is 10.7. The molecule has 0 aromatic heterocycles. The second-order valence-electron chi connectivity index (χ2n) is 5.70. The molecule has 1 N–H and O–H groups in total. The average Bonchev–Trinajstić information content (AvgIpc) is 2.37. The van der Waals surface area contributed by atoms with Crippen LogP contribution >= 0.6 is 0 Å². The van der Waals surface area contributed by atoms with Crippen LogP contribution in [0.15, 0.2) is 0 Å². The van der Waals surface area contributed by atoms with Gasteiger partial charge >= 0.3 is 0 Å². The maximum Gasteiger partial charge on any atom is 0.238 e. The van der Waals surface area contributed by atoms with Crippen molar-refractivity contribution in [2.45, 2.75) is 46.8 Å². The van der Waals surface area contributed by atoms with Crippen LogP contribution in [0, 0.1) is 10.8 Å². The van der Waals surface area contributed by atoms with E-state index in [-0.39, 0.29) is 22.9 Å². The minimum absolute atomic E-state index is 0.202. The molecule has 2 fully saturated rings. The summed E-state index contributed by atoms with van der Waals surface area (Å²) in [6, 6.07) is 0.396. The summed E-state index contributed by atoms with van der Waals surface area (Å²) >= 11 is 0. The van der Waals surface area contributed by atoms with Crippen LogP contribution < -0.4 is 5.32 Å². The number of amides is 1. The summed E-state index contributed by atoms with van der Waals surface area (Å²) in [6.07, 6.45) is 0.202. The molecule has 0 aromatic rings. The highest BCUT2D eigenvalue weighted by atomic mass is 16.2. The first-order valence-electron chi connectivity index (χ1n) is 5.34. The van der Waals surface area contributed by atoms with Gasteiger partial charge in [-0.3, -0.25) is 10.1 Å². The molecule has 3 nitrogen and oxygen atoms in total. The molecular formula is C11H20N2O. The lowest BCUT2D eigenvalue weighted by Crippen LogP contribution is -2.39. The first kappa shape index (κ1) is 9.97. The van der Waals surface area contributed by atoms with E-state index in [1.54, 1.807) is 0 Å². The summed E-state index contributed by atoms with van der Waals surface area (Å²) < 4.78 is 0. The average molecular weight is 196 g/mol. The van der Waals surface area contributed by atoms with Crippen LogP contribution in [0.2, 0.25) is 0 Å². The third kappa shape index (κ3) is 0.991. The van der Waals surface area contributed by atoms with Crippen molar-refractivity contribution >= 4 is 5.91 Å². The number of hydrogen-bond acceptors (Lipinski definition) is 2. The summed E-state index contributed by atoms with van der Waals surface area (Å²) in [6.45, 7) is 11.6. The second kappa shape index (κ2) is 2.51. The Morgan fingerprint density at radius 3 is 2.07 bits per heavy atom.